The molecule has 2 unspecified atom stereocenters. The lowest BCUT2D eigenvalue weighted by Crippen LogP contribution is -2.64. The smallest absolute Gasteiger partial charge is 0.329 e. The lowest BCUT2D eigenvalue weighted by molar-refractivity contribution is -0.302. The fraction of sp³-hybridized carbons (Fsp3) is 0.810. The second kappa shape index (κ2) is 19.8. The fourth-order valence-corrected chi connectivity index (χ4v) is 9.16. The number of aliphatic hydroxyl groups excluding tert-OH is 2. The molecule has 4 aliphatic rings. The number of nitrogens with zero attached hydrogens (tertiary/aromatic N) is 1. The number of esters is 1. The van der Waals surface area contributed by atoms with E-state index in [0.29, 0.717) is 50.5 Å². The van der Waals surface area contributed by atoms with Gasteiger partial charge in [0.15, 0.2) is 0 Å². The van der Waals surface area contributed by atoms with E-state index in [2.05, 4.69) is 0 Å². The van der Waals surface area contributed by atoms with Crippen molar-refractivity contribution < 1.29 is 58.2 Å². The van der Waals surface area contributed by atoms with Gasteiger partial charge in [0.05, 0.1) is 30.5 Å². The third kappa shape index (κ3) is 10.7. The van der Waals surface area contributed by atoms with Crippen molar-refractivity contribution in [3.63, 3.8) is 0 Å². The molecule has 3 heterocycles. The number of hydrogen-bond acceptors (Lipinski definition) is 12. The van der Waals surface area contributed by atoms with Crippen LogP contribution in [0.1, 0.15) is 106 Å². The topological polar surface area (TPSA) is 178 Å². The van der Waals surface area contributed by atoms with Crippen LogP contribution in [-0.2, 0) is 42.9 Å². The molecule has 3 N–H and O–H groups in total. The van der Waals surface area contributed by atoms with Crippen LogP contribution in [0.5, 0.6) is 0 Å². The largest absolute Gasteiger partial charge is 0.456 e. The Kier molecular flexibility index (Phi) is 16.2. The van der Waals surface area contributed by atoms with Crippen LogP contribution in [0.2, 0.25) is 0 Å². The highest BCUT2D eigenvalue weighted by Crippen LogP contribution is 2.39. The van der Waals surface area contributed by atoms with Crippen LogP contribution < -0.4 is 0 Å². The summed E-state index contributed by atoms with van der Waals surface area (Å²) in [6, 6.07) is -1.13. The lowest BCUT2D eigenvalue weighted by Gasteiger charge is -2.47. The number of carbonyl (C=O) groups is 4. The standard InChI is InChI=1S/C42H67NO12/c1-23-16-24(2)18-35(52-8)38-36(53-9)20-27(5)42(50,55-38)39(47)40(48)43-15-11-10-12-30(43)41(49)54-37(28(6)33(46)22-32(45)25(3)17-23)26(4)19-29-13-14-31(44)34(21-29)51-7/h17,19,24-25,27-31,33-38,44,46,50H,10-16,18,20-22H2,1-9H3/b23-17+,26-19+/t24-,25+,27+,28+,29?,30?,31+,33-,34+,35-,36-,37+,38+,42+/m0/s1. The number of aliphatic hydroxyl groups is 3. The normalized spacial score (nSPS) is 42.1. The van der Waals surface area contributed by atoms with E-state index >= 15 is 0 Å². The summed E-state index contributed by atoms with van der Waals surface area (Å²) in [5.74, 6) is -7.59. The van der Waals surface area contributed by atoms with E-state index in [9.17, 15) is 34.5 Å². The second-order valence-electron chi connectivity index (χ2n) is 16.9. The Morgan fingerprint density at radius 1 is 0.873 bits per heavy atom. The number of hydrogen-bond donors (Lipinski definition) is 3. The molecular formula is C42H67NO12. The lowest BCUT2D eigenvalue weighted by atomic mass is 9.82. The number of cyclic esters (lactones) is 1. The first-order valence-electron chi connectivity index (χ1n) is 20.2. The zero-order valence-electron chi connectivity index (χ0n) is 34.4. The Balaban J connectivity index is 1.75. The van der Waals surface area contributed by atoms with Crippen molar-refractivity contribution in [2.24, 2.45) is 29.6 Å². The van der Waals surface area contributed by atoms with Gasteiger partial charge in [0, 0.05) is 52.0 Å². The molecule has 312 valence electrons. The summed E-state index contributed by atoms with van der Waals surface area (Å²) in [6.45, 7) is 11.1. The summed E-state index contributed by atoms with van der Waals surface area (Å²) in [7, 11) is 4.62. The number of Topliss-reactive ketones (excluding diaryl/α,β-unsaturated/α-hetero) is 2. The first-order chi connectivity index (χ1) is 25.9. The van der Waals surface area contributed by atoms with Gasteiger partial charge in [-0.3, -0.25) is 14.4 Å². The molecular weight excluding hydrogens is 710 g/mol. The molecule has 0 aromatic rings. The fourth-order valence-electron chi connectivity index (χ4n) is 9.16. The molecule has 14 atom stereocenters. The summed E-state index contributed by atoms with van der Waals surface area (Å²) in [5, 5.41) is 33.9. The molecule has 1 amide bonds. The van der Waals surface area contributed by atoms with E-state index in [-0.39, 0.29) is 49.5 Å². The van der Waals surface area contributed by atoms with Crippen molar-refractivity contribution in [1.82, 2.24) is 4.90 Å². The van der Waals surface area contributed by atoms with Crippen molar-refractivity contribution in [3.05, 3.63) is 23.3 Å². The van der Waals surface area contributed by atoms with Crippen molar-refractivity contribution in [2.45, 2.75) is 160 Å². The minimum Gasteiger partial charge on any atom is -0.456 e. The summed E-state index contributed by atoms with van der Waals surface area (Å²) in [5.41, 5.74) is 1.64. The molecule has 55 heavy (non-hydrogen) atoms. The monoisotopic (exact) mass is 777 g/mol. The zero-order chi connectivity index (χ0) is 40.8. The summed E-state index contributed by atoms with van der Waals surface area (Å²) >= 11 is 0. The van der Waals surface area contributed by atoms with Gasteiger partial charge in [-0.25, -0.2) is 4.79 Å². The second-order valence-corrected chi connectivity index (χ2v) is 16.9. The summed E-state index contributed by atoms with van der Waals surface area (Å²) in [4.78, 5) is 57.3. The maximum absolute atomic E-state index is 14.2. The van der Waals surface area contributed by atoms with Gasteiger partial charge in [-0.2, -0.15) is 0 Å². The van der Waals surface area contributed by atoms with E-state index in [0.717, 1.165) is 5.57 Å². The van der Waals surface area contributed by atoms with Crippen LogP contribution in [0, 0.1) is 29.6 Å². The van der Waals surface area contributed by atoms with Crippen LogP contribution in [0.4, 0.5) is 0 Å². The van der Waals surface area contributed by atoms with E-state index in [1.54, 1.807) is 27.9 Å². The molecule has 13 heteroatoms. The van der Waals surface area contributed by atoms with Crippen LogP contribution >= 0.6 is 0 Å². The number of carbonyl (C=O) groups excluding carboxylic acids is 4. The molecule has 3 aliphatic heterocycles. The highest BCUT2D eigenvalue weighted by Gasteiger charge is 2.56. The van der Waals surface area contributed by atoms with Gasteiger partial charge in [-0.15, -0.1) is 0 Å². The van der Waals surface area contributed by atoms with Gasteiger partial charge in [-0.1, -0.05) is 45.4 Å². The maximum atomic E-state index is 14.2. The average Bonchev–Trinajstić information content (AvgIpc) is 3.15. The molecule has 2 bridgehead atoms. The summed E-state index contributed by atoms with van der Waals surface area (Å²) in [6.07, 6.45) is 3.09. The Hall–Kier alpha value is -2.52. The zero-order valence-corrected chi connectivity index (χ0v) is 34.4. The Labute approximate surface area is 327 Å². The number of allylic oxidation sites excluding steroid dienone is 3. The first-order valence-corrected chi connectivity index (χ1v) is 20.2. The molecule has 0 aromatic carbocycles. The van der Waals surface area contributed by atoms with Gasteiger partial charge in [0.2, 0.25) is 5.79 Å². The Morgan fingerprint density at radius 2 is 1.53 bits per heavy atom. The predicted molar refractivity (Wildman–Crippen MR) is 203 cm³/mol. The first kappa shape index (κ1) is 45.2. The van der Waals surface area contributed by atoms with Gasteiger partial charge in [-0.05, 0) is 89.0 Å². The SMILES string of the molecule is CO[C@H]1C[C@@H](C)C/C(C)=C/[C@@H](C)C(=O)C[C@H](O)[C@@H](C)[C@@H](/C(C)=C/C2CC[C@@H](O)[C@H](OC)C2)OC(=O)C2CCCCN2C(=O)C(=O)[C@]2(O)O[C@H]1[C@@H](OC)C[C@H]2C. The molecule has 4 rings (SSSR count). The van der Waals surface area contributed by atoms with E-state index in [1.807, 2.05) is 32.9 Å². The molecule has 1 saturated carbocycles. The molecule has 13 nitrogen and oxygen atoms in total. The average molecular weight is 778 g/mol. The van der Waals surface area contributed by atoms with Gasteiger partial charge in [0.1, 0.15) is 24.0 Å². The minimum absolute atomic E-state index is 0.00142. The van der Waals surface area contributed by atoms with Crippen molar-refractivity contribution in [2.75, 3.05) is 27.9 Å². The molecule has 1 aliphatic carbocycles. The van der Waals surface area contributed by atoms with Gasteiger partial charge < -0.3 is 43.9 Å². The number of piperidine rings is 1. The Morgan fingerprint density at radius 3 is 2.18 bits per heavy atom. The molecule has 0 aromatic heterocycles. The van der Waals surface area contributed by atoms with Crippen LogP contribution in [0.25, 0.3) is 0 Å². The predicted octanol–water partition coefficient (Wildman–Crippen LogP) is 4.08. The highest BCUT2D eigenvalue weighted by atomic mass is 16.7. The van der Waals surface area contributed by atoms with Crippen LogP contribution in [0.3, 0.4) is 0 Å². The minimum atomic E-state index is -2.50. The molecule has 3 fully saturated rings. The molecule has 2 saturated heterocycles. The number of methoxy groups -OCH3 is 3. The number of ether oxygens (including phenoxy) is 5. The van der Waals surface area contributed by atoms with Crippen molar-refractivity contribution in [3.8, 4) is 0 Å². The molecule has 0 spiro atoms. The number of rotatable bonds is 5. The third-order valence-corrected chi connectivity index (χ3v) is 12.6. The number of ketones is 2. The van der Waals surface area contributed by atoms with Crippen LogP contribution in [-0.4, -0.2) is 126 Å². The van der Waals surface area contributed by atoms with Crippen molar-refractivity contribution in [1.29, 1.82) is 0 Å². The van der Waals surface area contributed by atoms with Crippen LogP contribution in [0.15, 0.2) is 23.3 Å². The van der Waals surface area contributed by atoms with E-state index in [4.69, 9.17) is 23.7 Å². The number of fused-ring (bicyclic) bond motifs is 3. The van der Waals surface area contributed by atoms with Gasteiger partial charge >= 0.3 is 5.97 Å². The third-order valence-electron chi connectivity index (χ3n) is 12.6. The molecule has 0 radical (unpaired) electrons. The van der Waals surface area contributed by atoms with Gasteiger partial charge in [0.25, 0.3) is 11.7 Å². The van der Waals surface area contributed by atoms with Crippen molar-refractivity contribution >= 4 is 23.4 Å². The number of amides is 1. The maximum Gasteiger partial charge on any atom is 0.329 e. The quantitative estimate of drug-likeness (QED) is 0.207. The van der Waals surface area contributed by atoms with E-state index in [1.165, 1.54) is 19.1 Å². The Bertz CT molecular complexity index is 1410. The highest BCUT2D eigenvalue weighted by molar-refractivity contribution is 6.39. The van der Waals surface area contributed by atoms with E-state index < -0.39 is 83.9 Å². The summed E-state index contributed by atoms with van der Waals surface area (Å²) < 4.78 is 29.6.